The van der Waals surface area contributed by atoms with Crippen LogP contribution >= 0.6 is 8.53 Å². The molecule has 0 radical (unpaired) electrons. The van der Waals surface area contributed by atoms with Crippen molar-refractivity contribution in [1.29, 1.82) is 5.26 Å². The van der Waals surface area contributed by atoms with Crippen molar-refractivity contribution in [2.24, 2.45) is 0 Å². The molecule has 0 aromatic carbocycles. The normalized spacial score (nSPS) is 28.0. The van der Waals surface area contributed by atoms with E-state index in [4.69, 9.17) is 30.6 Å². The van der Waals surface area contributed by atoms with E-state index in [2.05, 4.69) is 4.98 Å². The van der Waals surface area contributed by atoms with Gasteiger partial charge in [0.1, 0.15) is 12.2 Å². The molecule has 31 heavy (non-hydrogen) atoms. The number of hydrogen-bond donors (Lipinski definition) is 1. The first kappa shape index (κ1) is 18.9. The average Bonchev–Trinajstić information content (AvgIpc) is 3.04. The van der Waals surface area contributed by atoms with Crippen LogP contribution in [-0.2, 0) is 18.5 Å². The lowest BCUT2D eigenvalue weighted by molar-refractivity contribution is -0.0539. The summed E-state index contributed by atoms with van der Waals surface area (Å²) in [6.45, 7) is 8.91. The van der Waals surface area contributed by atoms with Crippen LogP contribution in [0.25, 0.3) is 0 Å². The summed E-state index contributed by atoms with van der Waals surface area (Å²) in [5.74, 6) is 0. The molecule has 1 aliphatic heterocycles. The lowest BCUT2D eigenvalue weighted by atomic mass is 10.1. The van der Waals surface area contributed by atoms with Crippen molar-refractivity contribution in [3.63, 3.8) is 0 Å². The first-order valence-electron chi connectivity index (χ1n) is 12.5. The molecule has 1 aromatic rings. The van der Waals surface area contributed by atoms with Crippen LogP contribution in [0, 0.1) is 11.3 Å². The third-order valence-corrected chi connectivity index (χ3v) is 6.74. The molecule has 1 N–H and O–H groups in total. The number of nitriles is 1. The molecule has 1 fully saturated rings. The lowest BCUT2D eigenvalue weighted by Gasteiger charge is -2.38. The van der Waals surface area contributed by atoms with Gasteiger partial charge in [-0.15, -0.1) is 0 Å². The largest absolute Gasteiger partial charge is 0.374 e. The predicted octanol–water partition coefficient (Wildman–Crippen LogP) is 2.52. The number of ether oxygens (including phenoxy) is 2. The lowest BCUT2D eigenvalue weighted by Crippen LogP contribution is -2.41. The van der Waals surface area contributed by atoms with E-state index in [-0.39, 0.29) is 25.1 Å². The van der Waals surface area contributed by atoms with Crippen LogP contribution in [0.4, 0.5) is 0 Å². The second-order valence-electron chi connectivity index (χ2n) is 7.45. The average molecular weight is 462 g/mol. The van der Waals surface area contributed by atoms with Crippen molar-refractivity contribution in [2.45, 2.75) is 84.0 Å². The van der Waals surface area contributed by atoms with Gasteiger partial charge in [-0.25, -0.2) is 9.46 Å². The van der Waals surface area contributed by atoms with Gasteiger partial charge in [-0.3, -0.25) is 14.3 Å². The fourth-order valence-electron chi connectivity index (χ4n) is 3.36. The van der Waals surface area contributed by atoms with Gasteiger partial charge in [-0.05, 0) is 34.1 Å². The summed E-state index contributed by atoms with van der Waals surface area (Å²) in [5, 5.41) is 8.96. The number of nitrogens with one attached hydrogen (secondary N) is 1. The highest BCUT2D eigenvalue weighted by Gasteiger charge is 2.48. The minimum Gasteiger partial charge on any atom is -0.374 e. The molecule has 174 valence electrons. The van der Waals surface area contributed by atoms with Gasteiger partial charge >= 0.3 is 5.69 Å². The van der Waals surface area contributed by atoms with E-state index in [1.807, 2.05) is 38.4 Å². The zero-order chi connectivity index (χ0) is 27.4. The molecule has 0 bridgehead atoms. The second-order valence-corrected chi connectivity index (χ2v) is 8.86. The summed E-state index contributed by atoms with van der Waals surface area (Å²) in [6.07, 6.45) is -6.48. The van der Waals surface area contributed by atoms with Gasteiger partial charge in [0, 0.05) is 34.1 Å². The number of hydrogen-bond acceptors (Lipinski definition) is 8. The Morgan fingerprint density at radius 3 is 2.65 bits per heavy atom. The number of nitrogens with zero attached hydrogens (tertiary/aromatic N) is 3. The maximum absolute atomic E-state index is 12.5. The Bertz CT molecular complexity index is 1010. The van der Waals surface area contributed by atoms with E-state index in [0.717, 1.165) is 16.8 Å². The molecule has 1 unspecified atom stereocenters. The minimum absolute atomic E-state index is 0.0308. The van der Waals surface area contributed by atoms with Crippen molar-refractivity contribution >= 4 is 8.53 Å². The first-order valence-corrected chi connectivity index (χ1v) is 11.1. The molecular formula is C20H33N4O6P. The van der Waals surface area contributed by atoms with E-state index in [9.17, 15) is 9.59 Å². The minimum atomic E-state index is -2.95. The van der Waals surface area contributed by atoms with Gasteiger partial charge in [0.25, 0.3) is 14.1 Å². The quantitative estimate of drug-likeness (QED) is 0.394. The first-order chi connectivity index (χ1) is 16.6. The maximum atomic E-state index is 12.5. The molecule has 10 nitrogen and oxygen atoms in total. The standard InChI is InChI=1S/C20H33N4O6P/c1-7-15-17(30-31(28-12-8-10-21)24(13(2)3)14(4)5)18(27-6)19(29-15)23-11-9-16(25)22-20(23)26/h9,11,13-15,17-19H,7-8,12H2,1-6H3,(H,22,25,26)/t15-,17-,18-,19-,31?/m1/s1/i6D3,7D2. The highest BCUT2D eigenvalue weighted by molar-refractivity contribution is 7.44. The smallest absolute Gasteiger partial charge is 0.330 e. The third-order valence-electron chi connectivity index (χ3n) is 4.61. The molecule has 0 amide bonds. The number of aromatic nitrogens is 2. The van der Waals surface area contributed by atoms with Crippen molar-refractivity contribution in [2.75, 3.05) is 13.6 Å². The van der Waals surface area contributed by atoms with Gasteiger partial charge in [-0.1, -0.05) is 6.92 Å². The molecule has 2 heterocycles. The number of rotatable bonds is 11. The van der Waals surface area contributed by atoms with E-state index >= 15 is 0 Å². The van der Waals surface area contributed by atoms with E-state index in [0.29, 0.717) is 0 Å². The molecular weight excluding hydrogens is 423 g/mol. The van der Waals surface area contributed by atoms with Gasteiger partial charge < -0.3 is 18.5 Å². The number of methoxy groups -OCH3 is 1. The van der Waals surface area contributed by atoms with Gasteiger partial charge in [0.2, 0.25) is 0 Å². The summed E-state index contributed by atoms with van der Waals surface area (Å²) < 4.78 is 65.9. The summed E-state index contributed by atoms with van der Waals surface area (Å²) in [7, 11) is -4.89. The van der Waals surface area contributed by atoms with Crippen molar-refractivity contribution in [3.05, 3.63) is 33.1 Å². The Morgan fingerprint density at radius 2 is 2.10 bits per heavy atom. The zero-order valence-electron chi connectivity index (χ0n) is 23.3. The highest BCUT2D eigenvalue weighted by Crippen LogP contribution is 2.50. The molecule has 5 atom stereocenters. The Balaban J connectivity index is 2.60. The van der Waals surface area contributed by atoms with E-state index < -0.39 is 57.7 Å². The maximum Gasteiger partial charge on any atom is 0.330 e. The van der Waals surface area contributed by atoms with Crippen molar-refractivity contribution in [1.82, 2.24) is 14.2 Å². The van der Waals surface area contributed by atoms with Crippen LogP contribution in [0.5, 0.6) is 0 Å². The topological polar surface area (TPSA) is 119 Å². The fourth-order valence-corrected chi connectivity index (χ4v) is 5.11. The van der Waals surface area contributed by atoms with Crippen LogP contribution in [0.3, 0.4) is 0 Å². The van der Waals surface area contributed by atoms with Gasteiger partial charge in [-0.2, -0.15) is 5.26 Å². The molecule has 1 saturated heterocycles. The zero-order valence-corrected chi connectivity index (χ0v) is 19.2. The molecule has 1 aromatic heterocycles. The van der Waals surface area contributed by atoms with Crippen molar-refractivity contribution in [3.8, 4) is 6.07 Å². The number of aromatic amines is 1. The van der Waals surface area contributed by atoms with E-state index in [1.54, 1.807) is 0 Å². The van der Waals surface area contributed by atoms with Crippen LogP contribution in [0.1, 0.15) is 60.5 Å². The Morgan fingerprint density at radius 1 is 1.39 bits per heavy atom. The molecule has 0 saturated carbocycles. The highest BCUT2D eigenvalue weighted by atomic mass is 31.2. The summed E-state index contributed by atoms with van der Waals surface area (Å²) in [6, 6.07) is 2.87. The van der Waals surface area contributed by atoms with E-state index in [1.165, 1.54) is 6.92 Å². The molecule has 0 aliphatic carbocycles. The number of H-pyrrole nitrogens is 1. The van der Waals surface area contributed by atoms with Crippen LogP contribution in [0.2, 0.25) is 0 Å². The van der Waals surface area contributed by atoms with Gasteiger partial charge in [0.05, 0.1) is 29.3 Å². The summed E-state index contributed by atoms with van der Waals surface area (Å²) in [4.78, 5) is 26.2. The van der Waals surface area contributed by atoms with Crippen LogP contribution in [-0.4, -0.2) is 58.3 Å². The van der Waals surface area contributed by atoms with Crippen LogP contribution < -0.4 is 11.2 Å². The Labute approximate surface area is 191 Å². The second kappa shape index (κ2) is 11.9. The van der Waals surface area contributed by atoms with Gasteiger partial charge in [0.15, 0.2) is 6.23 Å². The molecule has 0 spiro atoms. The SMILES string of the molecule is [2H]C([2H])([2H])O[C@@H]1[C@H](OP(OCCC#N)N(C(C)C)C(C)C)[C@@H](C([2H])([2H])C)O[C@H]1n1ccc(=O)[nH]c1=O. The Kier molecular flexibility index (Phi) is 7.24. The summed E-state index contributed by atoms with van der Waals surface area (Å²) >= 11 is 0. The Hall–Kier alpha value is -1.60. The molecule has 11 heteroatoms. The fraction of sp³-hybridized carbons (Fsp3) is 0.750. The predicted molar refractivity (Wildman–Crippen MR) is 116 cm³/mol. The van der Waals surface area contributed by atoms with Crippen molar-refractivity contribution < 1.29 is 25.4 Å². The monoisotopic (exact) mass is 461 g/mol. The third kappa shape index (κ3) is 6.22. The van der Waals surface area contributed by atoms with Crippen LogP contribution in [0.15, 0.2) is 21.9 Å². The molecule has 1 aliphatic rings. The summed E-state index contributed by atoms with van der Waals surface area (Å²) in [5.41, 5.74) is -1.56. The molecule has 2 rings (SSSR count).